The molecule has 2 aromatic rings. The molecule has 0 saturated carbocycles. The Morgan fingerprint density at radius 1 is 1.13 bits per heavy atom. The van der Waals surface area contributed by atoms with E-state index in [1.165, 1.54) is 11.1 Å². The van der Waals surface area contributed by atoms with Gasteiger partial charge in [0.05, 0.1) is 6.54 Å². The van der Waals surface area contributed by atoms with Gasteiger partial charge in [0.25, 0.3) is 0 Å². The maximum atomic E-state index is 5.81. The van der Waals surface area contributed by atoms with E-state index < -0.39 is 0 Å². The van der Waals surface area contributed by atoms with Crippen molar-refractivity contribution in [1.82, 2.24) is 4.90 Å². The van der Waals surface area contributed by atoms with E-state index in [-0.39, 0.29) is 6.04 Å². The largest absolute Gasteiger partial charge is 0.489 e. The molecule has 0 radical (unpaired) electrons. The molecule has 0 spiro atoms. The molecule has 2 rings (SSSR count). The smallest absolute Gasteiger partial charge is 0.119 e. The Kier molecular flexibility index (Phi) is 6.47. The van der Waals surface area contributed by atoms with Crippen LogP contribution < -0.4 is 4.74 Å². The summed E-state index contributed by atoms with van der Waals surface area (Å²) in [5.41, 5.74) is 2.41. The summed E-state index contributed by atoms with van der Waals surface area (Å²) < 4.78 is 5.81. The second-order valence-electron chi connectivity index (χ2n) is 5.54. The number of benzene rings is 2. The lowest BCUT2D eigenvalue weighted by Crippen LogP contribution is -2.32. The minimum absolute atomic E-state index is 0.238. The van der Waals surface area contributed by atoms with Crippen molar-refractivity contribution in [3.63, 3.8) is 0 Å². The summed E-state index contributed by atoms with van der Waals surface area (Å²) in [7, 11) is 2.02. The molecule has 0 saturated heterocycles. The number of terminal acetylenes is 1. The van der Waals surface area contributed by atoms with Gasteiger partial charge in [0.1, 0.15) is 12.4 Å². The summed E-state index contributed by atoms with van der Waals surface area (Å²) in [5, 5.41) is 0. The van der Waals surface area contributed by atoms with Gasteiger partial charge in [0.15, 0.2) is 0 Å². The van der Waals surface area contributed by atoms with Crippen LogP contribution in [-0.2, 0) is 13.0 Å². The van der Waals surface area contributed by atoms with Crippen molar-refractivity contribution in [3.8, 4) is 18.1 Å². The standard InChI is InChI=1S/C21H23NO/c1-4-15-22(3)20(5-2)16-18-11-13-21(14-12-18)23-17-19-9-7-6-8-10-19/h1,5-14,20H,2,15-17H2,3H3. The second kappa shape index (κ2) is 8.82. The number of hydrogen-bond acceptors (Lipinski definition) is 2. The molecular formula is C21H23NO. The third-order valence-electron chi connectivity index (χ3n) is 3.80. The molecule has 0 fully saturated rings. The summed E-state index contributed by atoms with van der Waals surface area (Å²) in [5.74, 6) is 3.55. The van der Waals surface area contributed by atoms with E-state index in [0.29, 0.717) is 13.2 Å². The van der Waals surface area contributed by atoms with Crippen LogP contribution in [0.15, 0.2) is 67.3 Å². The zero-order chi connectivity index (χ0) is 16.5. The van der Waals surface area contributed by atoms with Crippen molar-refractivity contribution in [1.29, 1.82) is 0 Å². The highest BCUT2D eigenvalue weighted by atomic mass is 16.5. The zero-order valence-corrected chi connectivity index (χ0v) is 13.6. The van der Waals surface area contributed by atoms with Gasteiger partial charge >= 0.3 is 0 Å². The van der Waals surface area contributed by atoms with Gasteiger partial charge in [-0.2, -0.15) is 0 Å². The molecule has 118 valence electrons. The van der Waals surface area contributed by atoms with Crippen molar-refractivity contribution in [2.45, 2.75) is 19.1 Å². The second-order valence-corrected chi connectivity index (χ2v) is 5.54. The van der Waals surface area contributed by atoms with E-state index in [1.54, 1.807) is 0 Å². The van der Waals surface area contributed by atoms with Crippen LogP contribution in [-0.4, -0.2) is 24.5 Å². The highest BCUT2D eigenvalue weighted by Gasteiger charge is 2.10. The molecule has 0 aliphatic rings. The van der Waals surface area contributed by atoms with Gasteiger partial charge in [0.2, 0.25) is 0 Å². The van der Waals surface area contributed by atoms with Crippen LogP contribution in [0.5, 0.6) is 5.75 Å². The van der Waals surface area contributed by atoms with Gasteiger partial charge in [-0.05, 0) is 36.7 Å². The van der Waals surface area contributed by atoms with E-state index >= 15 is 0 Å². The fourth-order valence-electron chi connectivity index (χ4n) is 2.38. The van der Waals surface area contributed by atoms with Gasteiger partial charge < -0.3 is 4.74 Å². The van der Waals surface area contributed by atoms with E-state index in [2.05, 4.69) is 41.7 Å². The first-order valence-corrected chi connectivity index (χ1v) is 7.75. The average Bonchev–Trinajstić information content (AvgIpc) is 2.60. The molecule has 0 aliphatic carbocycles. The van der Waals surface area contributed by atoms with Gasteiger partial charge in [-0.15, -0.1) is 13.0 Å². The lowest BCUT2D eigenvalue weighted by Gasteiger charge is -2.23. The maximum Gasteiger partial charge on any atom is 0.119 e. The summed E-state index contributed by atoms with van der Waals surface area (Å²) in [6.45, 7) is 5.11. The van der Waals surface area contributed by atoms with Crippen LogP contribution >= 0.6 is 0 Å². The third-order valence-corrected chi connectivity index (χ3v) is 3.80. The van der Waals surface area contributed by atoms with Crippen LogP contribution in [0.4, 0.5) is 0 Å². The molecule has 23 heavy (non-hydrogen) atoms. The number of ether oxygens (including phenoxy) is 1. The van der Waals surface area contributed by atoms with Crippen LogP contribution in [0, 0.1) is 12.3 Å². The SMILES string of the molecule is C#CCN(C)C(C=C)Cc1ccc(OCc2ccccc2)cc1. The van der Waals surface area contributed by atoms with Gasteiger partial charge in [-0.25, -0.2) is 0 Å². The Morgan fingerprint density at radius 3 is 2.43 bits per heavy atom. The number of hydrogen-bond donors (Lipinski definition) is 0. The Labute approximate surface area is 139 Å². The topological polar surface area (TPSA) is 12.5 Å². The lowest BCUT2D eigenvalue weighted by atomic mass is 10.0. The average molecular weight is 305 g/mol. The highest BCUT2D eigenvalue weighted by Crippen LogP contribution is 2.16. The summed E-state index contributed by atoms with van der Waals surface area (Å²) in [4.78, 5) is 2.12. The first-order valence-electron chi connectivity index (χ1n) is 7.75. The molecule has 2 nitrogen and oxygen atoms in total. The molecule has 0 aromatic heterocycles. The van der Waals surface area contributed by atoms with Crippen molar-refractivity contribution in [2.24, 2.45) is 0 Å². The molecule has 2 aromatic carbocycles. The number of rotatable bonds is 8. The fraction of sp³-hybridized carbons (Fsp3) is 0.238. The van der Waals surface area contributed by atoms with Crippen molar-refractivity contribution in [3.05, 3.63) is 78.4 Å². The Morgan fingerprint density at radius 2 is 1.83 bits per heavy atom. The third kappa shape index (κ3) is 5.32. The number of likely N-dealkylation sites (N-methyl/N-ethyl adjacent to an activating group) is 1. The minimum atomic E-state index is 0.238. The quantitative estimate of drug-likeness (QED) is 0.541. The molecule has 0 N–H and O–H groups in total. The summed E-state index contributed by atoms with van der Waals surface area (Å²) in [6, 6.07) is 18.6. The van der Waals surface area contributed by atoms with Crippen molar-refractivity contribution >= 4 is 0 Å². The highest BCUT2D eigenvalue weighted by molar-refractivity contribution is 5.28. The Balaban J connectivity index is 1.91. The van der Waals surface area contributed by atoms with Gasteiger partial charge in [-0.3, -0.25) is 4.90 Å². The van der Waals surface area contributed by atoms with Gasteiger partial charge in [-0.1, -0.05) is 54.5 Å². The Bertz CT molecular complexity index is 640. The molecule has 1 unspecified atom stereocenters. The minimum Gasteiger partial charge on any atom is -0.489 e. The van der Waals surface area contributed by atoms with E-state index in [9.17, 15) is 0 Å². The normalized spacial score (nSPS) is 11.7. The van der Waals surface area contributed by atoms with Crippen LogP contribution in [0.25, 0.3) is 0 Å². The van der Waals surface area contributed by atoms with E-state index in [0.717, 1.165) is 12.2 Å². The first kappa shape index (κ1) is 16.9. The summed E-state index contributed by atoms with van der Waals surface area (Å²) in [6.07, 6.45) is 8.21. The Hall–Kier alpha value is -2.50. The van der Waals surface area contributed by atoms with Crippen LogP contribution in [0.1, 0.15) is 11.1 Å². The first-order chi connectivity index (χ1) is 11.2. The monoisotopic (exact) mass is 305 g/mol. The van der Waals surface area contributed by atoms with Crippen LogP contribution in [0.3, 0.4) is 0 Å². The van der Waals surface area contributed by atoms with E-state index in [1.807, 2.05) is 43.5 Å². The molecular weight excluding hydrogens is 282 g/mol. The molecule has 0 heterocycles. The lowest BCUT2D eigenvalue weighted by molar-refractivity contribution is 0.305. The predicted molar refractivity (Wildman–Crippen MR) is 96.4 cm³/mol. The molecule has 0 amide bonds. The summed E-state index contributed by atoms with van der Waals surface area (Å²) >= 11 is 0. The van der Waals surface area contributed by atoms with Gasteiger partial charge in [0, 0.05) is 6.04 Å². The number of nitrogens with zero attached hydrogens (tertiary/aromatic N) is 1. The van der Waals surface area contributed by atoms with Crippen LogP contribution in [0.2, 0.25) is 0 Å². The van der Waals surface area contributed by atoms with Crippen molar-refractivity contribution < 1.29 is 4.74 Å². The zero-order valence-electron chi connectivity index (χ0n) is 13.6. The molecule has 1 atom stereocenters. The molecule has 0 aliphatic heterocycles. The molecule has 2 heteroatoms. The molecule has 0 bridgehead atoms. The van der Waals surface area contributed by atoms with Crippen molar-refractivity contribution in [2.75, 3.05) is 13.6 Å². The van der Waals surface area contributed by atoms with E-state index in [4.69, 9.17) is 11.2 Å². The fourth-order valence-corrected chi connectivity index (χ4v) is 2.38. The predicted octanol–water partition coefficient (Wildman–Crippen LogP) is 3.93. The maximum absolute atomic E-state index is 5.81.